The maximum Gasteiger partial charge on any atom is 0.261 e. The quantitative estimate of drug-likeness (QED) is 0.594. The van der Waals surface area contributed by atoms with E-state index >= 15 is 0 Å². The largest absolute Gasteiger partial charge is 0.360 e. The molecule has 0 aliphatic carbocycles. The van der Waals surface area contributed by atoms with Crippen LogP contribution in [-0.2, 0) is 0 Å². The summed E-state index contributed by atoms with van der Waals surface area (Å²) < 4.78 is 0. The van der Waals surface area contributed by atoms with E-state index in [9.17, 15) is 9.59 Å². The van der Waals surface area contributed by atoms with Gasteiger partial charge >= 0.3 is 0 Å². The van der Waals surface area contributed by atoms with E-state index in [4.69, 9.17) is 0 Å². The average molecular weight is 341 g/mol. The summed E-state index contributed by atoms with van der Waals surface area (Å²) in [5.41, 5.74) is 2.91. The monoisotopic (exact) mass is 341 g/mol. The number of H-pyrrole nitrogens is 1. The second kappa shape index (κ2) is 6.64. The van der Waals surface area contributed by atoms with E-state index in [0.717, 1.165) is 11.1 Å². The van der Waals surface area contributed by atoms with Crippen LogP contribution in [0.4, 0.5) is 5.69 Å². The highest BCUT2D eigenvalue weighted by atomic mass is 16.2. The molecule has 0 unspecified atom stereocenters. The lowest BCUT2D eigenvalue weighted by Crippen LogP contribution is -2.22. The van der Waals surface area contributed by atoms with Crippen molar-refractivity contribution in [1.29, 1.82) is 0 Å². The van der Waals surface area contributed by atoms with E-state index < -0.39 is 5.91 Å². The first-order valence-corrected chi connectivity index (χ1v) is 8.15. The normalized spacial score (nSPS) is 10.6. The number of aromatic amines is 1. The van der Waals surface area contributed by atoms with Crippen molar-refractivity contribution in [2.75, 3.05) is 5.32 Å². The van der Waals surface area contributed by atoms with Gasteiger partial charge in [-0.1, -0.05) is 30.3 Å². The van der Waals surface area contributed by atoms with E-state index in [0.29, 0.717) is 16.6 Å². The molecule has 2 aromatic heterocycles. The van der Waals surface area contributed by atoms with Crippen LogP contribution in [0.15, 0.2) is 84.0 Å². The van der Waals surface area contributed by atoms with E-state index in [1.54, 1.807) is 30.6 Å². The maximum atomic E-state index is 12.7. The molecule has 126 valence electrons. The number of aromatic nitrogens is 2. The summed E-state index contributed by atoms with van der Waals surface area (Å²) in [7, 11) is 0. The third-order valence-corrected chi connectivity index (χ3v) is 4.20. The molecule has 4 rings (SSSR count). The van der Waals surface area contributed by atoms with Gasteiger partial charge in [0.15, 0.2) is 0 Å². The van der Waals surface area contributed by atoms with Gasteiger partial charge in [0.25, 0.3) is 5.91 Å². The van der Waals surface area contributed by atoms with Gasteiger partial charge in [-0.25, -0.2) is 0 Å². The van der Waals surface area contributed by atoms with E-state index in [-0.39, 0.29) is 11.0 Å². The number of carbonyl (C=O) groups excluding carboxylic acids is 1. The van der Waals surface area contributed by atoms with Gasteiger partial charge in [-0.3, -0.25) is 14.6 Å². The highest BCUT2D eigenvalue weighted by Gasteiger charge is 2.15. The van der Waals surface area contributed by atoms with Gasteiger partial charge in [0.2, 0.25) is 5.43 Å². The molecule has 0 saturated carbocycles. The summed E-state index contributed by atoms with van der Waals surface area (Å²) in [6.45, 7) is 0. The molecule has 0 atom stereocenters. The number of para-hydroxylation sites is 2. The van der Waals surface area contributed by atoms with Crippen molar-refractivity contribution >= 4 is 22.5 Å². The lowest BCUT2D eigenvalue weighted by molar-refractivity contribution is 0.102. The van der Waals surface area contributed by atoms with Gasteiger partial charge in [0.1, 0.15) is 5.56 Å². The Bertz CT molecular complexity index is 1150. The lowest BCUT2D eigenvalue weighted by atomic mass is 10.0. The number of fused-ring (bicyclic) bond motifs is 1. The van der Waals surface area contributed by atoms with Crippen LogP contribution >= 0.6 is 0 Å². The molecule has 0 radical (unpaired) electrons. The number of carbonyl (C=O) groups is 1. The van der Waals surface area contributed by atoms with Crippen molar-refractivity contribution in [1.82, 2.24) is 9.97 Å². The maximum absolute atomic E-state index is 12.7. The Morgan fingerprint density at radius 3 is 2.50 bits per heavy atom. The molecule has 2 N–H and O–H groups in total. The molecule has 2 heterocycles. The molecule has 0 aliphatic rings. The SMILES string of the molecule is O=C(Nc1ccccc1-c1ccncc1)c1c[nH]c2ccccc2c1=O. The van der Waals surface area contributed by atoms with Crippen molar-refractivity contribution in [3.05, 3.63) is 95.0 Å². The zero-order valence-corrected chi connectivity index (χ0v) is 13.8. The molecule has 5 nitrogen and oxygen atoms in total. The summed E-state index contributed by atoms with van der Waals surface area (Å²) in [5.74, 6) is -0.446. The molecule has 2 aromatic carbocycles. The number of anilines is 1. The predicted molar refractivity (Wildman–Crippen MR) is 102 cm³/mol. The van der Waals surface area contributed by atoms with Gasteiger partial charge in [-0.2, -0.15) is 0 Å². The minimum absolute atomic E-state index is 0.0771. The van der Waals surface area contributed by atoms with Crippen molar-refractivity contribution in [2.45, 2.75) is 0 Å². The Morgan fingerprint density at radius 1 is 0.923 bits per heavy atom. The first-order valence-electron chi connectivity index (χ1n) is 8.15. The topological polar surface area (TPSA) is 74.8 Å². The van der Waals surface area contributed by atoms with Crippen LogP contribution in [-0.4, -0.2) is 15.9 Å². The van der Waals surface area contributed by atoms with E-state index in [1.165, 1.54) is 6.20 Å². The summed E-state index contributed by atoms with van der Waals surface area (Å²) >= 11 is 0. The zero-order chi connectivity index (χ0) is 17.9. The van der Waals surface area contributed by atoms with Crippen molar-refractivity contribution in [3.8, 4) is 11.1 Å². The summed E-state index contributed by atoms with van der Waals surface area (Å²) in [5, 5.41) is 3.34. The van der Waals surface area contributed by atoms with Crippen molar-refractivity contribution < 1.29 is 4.79 Å². The smallest absolute Gasteiger partial charge is 0.261 e. The van der Waals surface area contributed by atoms with Gasteiger partial charge in [-0.05, 0) is 35.9 Å². The Morgan fingerprint density at radius 2 is 1.65 bits per heavy atom. The fourth-order valence-corrected chi connectivity index (χ4v) is 2.90. The van der Waals surface area contributed by atoms with Crippen LogP contribution in [0, 0.1) is 0 Å². The average Bonchev–Trinajstić information content (AvgIpc) is 2.69. The first-order chi connectivity index (χ1) is 12.7. The summed E-state index contributed by atoms with van der Waals surface area (Å²) in [6.07, 6.45) is 4.85. The molecule has 5 heteroatoms. The number of hydrogen-bond donors (Lipinski definition) is 2. The van der Waals surface area contributed by atoms with E-state index in [1.807, 2.05) is 42.5 Å². The molecule has 0 spiro atoms. The minimum atomic E-state index is -0.446. The van der Waals surface area contributed by atoms with Gasteiger partial charge in [-0.15, -0.1) is 0 Å². The molecule has 0 saturated heterocycles. The molecule has 0 fully saturated rings. The number of amides is 1. The van der Waals surface area contributed by atoms with Crippen LogP contribution < -0.4 is 10.7 Å². The number of pyridine rings is 2. The third-order valence-electron chi connectivity index (χ3n) is 4.20. The Kier molecular flexibility index (Phi) is 4.03. The standard InChI is InChI=1S/C21H15N3O2/c25-20-16-6-2-3-7-18(16)23-13-17(20)21(26)24-19-8-4-1-5-15(19)14-9-11-22-12-10-14/h1-13H,(H,23,25)(H,24,26). The Hall–Kier alpha value is -3.73. The molecular weight excluding hydrogens is 326 g/mol. The van der Waals surface area contributed by atoms with Crippen molar-refractivity contribution in [2.24, 2.45) is 0 Å². The van der Waals surface area contributed by atoms with Crippen LogP contribution in [0.1, 0.15) is 10.4 Å². The second-order valence-corrected chi connectivity index (χ2v) is 5.81. The highest BCUT2D eigenvalue weighted by Crippen LogP contribution is 2.27. The number of rotatable bonds is 3. The Labute approximate surface area is 149 Å². The second-order valence-electron chi connectivity index (χ2n) is 5.81. The van der Waals surface area contributed by atoms with Crippen LogP contribution in [0.5, 0.6) is 0 Å². The first kappa shape index (κ1) is 15.8. The van der Waals surface area contributed by atoms with Gasteiger partial charge in [0.05, 0.1) is 0 Å². The fraction of sp³-hybridized carbons (Fsp3) is 0. The summed E-state index contributed by atoms with van der Waals surface area (Å²) in [6, 6.07) is 18.3. The van der Waals surface area contributed by atoms with Crippen molar-refractivity contribution in [3.63, 3.8) is 0 Å². The highest BCUT2D eigenvalue weighted by molar-refractivity contribution is 6.07. The number of benzene rings is 2. The molecule has 0 bridgehead atoms. The number of nitrogens with one attached hydrogen (secondary N) is 2. The fourth-order valence-electron chi connectivity index (χ4n) is 2.90. The van der Waals surface area contributed by atoms with Gasteiger partial charge < -0.3 is 10.3 Å². The zero-order valence-electron chi connectivity index (χ0n) is 13.8. The minimum Gasteiger partial charge on any atom is -0.360 e. The van der Waals surface area contributed by atoms with Crippen LogP contribution in [0.25, 0.3) is 22.0 Å². The third kappa shape index (κ3) is 2.86. The van der Waals surface area contributed by atoms with Gasteiger partial charge in [0, 0.05) is 40.7 Å². The number of nitrogens with zero attached hydrogens (tertiary/aromatic N) is 1. The molecule has 1 amide bonds. The molecule has 26 heavy (non-hydrogen) atoms. The molecular formula is C21H15N3O2. The van der Waals surface area contributed by atoms with Crippen LogP contribution in [0.3, 0.4) is 0 Å². The summed E-state index contributed by atoms with van der Waals surface area (Å²) in [4.78, 5) is 32.4. The van der Waals surface area contributed by atoms with E-state index in [2.05, 4.69) is 15.3 Å². The predicted octanol–water partition coefficient (Wildman–Crippen LogP) is 3.84. The molecule has 4 aromatic rings. The molecule has 0 aliphatic heterocycles. The Balaban J connectivity index is 1.72. The van der Waals surface area contributed by atoms with Crippen LogP contribution in [0.2, 0.25) is 0 Å². The lowest BCUT2D eigenvalue weighted by Gasteiger charge is -2.11. The number of hydrogen-bond acceptors (Lipinski definition) is 3.